The Balaban J connectivity index is 2.09. The van der Waals surface area contributed by atoms with Gasteiger partial charge in [-0.1, -0.05) is 34.8 Å². The predicted molar refractivity (Wildman–Crippen MR) is 77.1 cm³/mol. The standard InChI is InChI=1S/C11H11Cl3N4/c12-8-2-3-9(13)10(14)7(8)6-17-18-11-15-4-1-5-16-11/h2-3,6H,1,4-5H2,(H2,15,16,18). The molecular formula is C11H11Cl3N4. The Bertz CT molecular complexity index is 499. The number of aliphatic imine (C=N–C) groups is 1. The summed E-state index contributed by atoms with van der Waals surface area (Å²) in [4.78, 5) is 4.21. The maximum atomic E-state index is 6.04. The van der Waals surface area contributed by atoms with Gasteiger partial charge in [0.25, 0.3) is 0 Å². The van der Waals surface area contributed by atoms with Crippen molar-refractivity contribution in [2.75, 3.05) is 13.1 Å². The summed E-state index contributed by atoms with van der Waals surface area (Å²) in [5.74, 6) is 0.645. The van der Waals surface area contributed by atoms with Gasteiger partial charge in [0.1, 0.15) is 0 Å². The van der Waals surface area contributed by atoms with Crippen molar-refractivity contribution in [1.82, 2.24) is 10.7 Å². The second kappa shape index (κ2) is 6.27. The molecule has 0 amide bonds. The van der Waals surface area contributed by atoms with E-state index in [4.69, 9.17) is 34.8 Å². The first kappa shape index (κ1) is 13.5. The van der Waals surface area contributed by atoms with E-state index in [1.807, 2.05) is 0 Å². The summed E-state index contributed by atoms with van der Waals surface area (Å²) in [6.45, 7) is 1.68. The zero-order valence-corrected chi connectivity index (χ0v) is 11.6. The number of hydrogen-bond acceptors (Lipinski definition) is 4. The molecule has 0 atom stereocenters. The Kier molecular flexibility index (Phi) is 4.69. The smallest absolute Gasteiger partial charge is 0.212 e. The number of guanidine groups is 1. The van der Waals surface area contributed by atoms with E-state index in [9.17, 15) is 0 Å². The summed E-state index contributed by atoms with van der Waals surface area (Å²) < 4.78 is 0. The third-order valence-electron chi connectivity index (χ3n) is 2.34. The minimum atomic E-state index is 0.383. The molecule has 1 aliphatic heterocycles. The molecule has 4 nitrogen and oxygen atoms in total. The fourth-order valence-corrected chi connectivity index (χ4v) is 2.06. The summed E-state index contributed by atoms with van der Waals surface area (Å²) in [6.07, 6.45) is 2.55. The molecule has 2 rings (SSSR count). The Morgan fingerprint density at radius 3 is 2.78 bits per heavy atom. The van der Waals surface area contributed by atoms with Gasteiger partial charge in [-0.15, -0.1) is 0 Å². The molecule has 1 heterocycles. The Hall–Kier alpha value is -0.970. The van der Waals surface area contributed by atoms with Gasteiger partial charge in [-0.3, -0.25) is 4.99 Å². The molecule has 1 aromatic rings. The number of nitrogens with one attached hydrogen (secondary N) is 2. The van der Waals surface area contributed by atoms with Crippen LogP contribution in [-0.2, 0) is 0 Å². The Morgan fingerprint density at radius 2 is 2.06 bits per heavy atom. The molecule has 0 aliphatic carbocycles. The van der Waals surface area contributed by atoms with Crippen LogP contribution in [0.15, 0.2) is 22.2 Å². The summed E-state index contributed by atoms with van der Waals surface area (Å²) in [7, 11) is 0. The molecule has 0 bridgehead atoms. The third-order valence-corrected chi connectivity index (χ3v) is 3.49. The average molecular weight is 306 g/mol. The van der Waals surface area contributed by atoms with E-state index in [1.54, 1.807) is 12.1 Å². The van der Waals surface area contributed by atoms with Crippen molar-refractivity contribution in [2.45, 2.75) is 6.42 Å². The second-order valence-electron chi connectivity index (χ2n) is 3.64. The van der Waals surface area contributed by atoms with Crippen molar-refractivity contribution in [2.24, 2.45) is 10.1 Å². The SMILES string of the molecule is Clc1ccc(Cl)c(C=NNC2=NCCCN2)c1Cl. The monoisotopic (exact) mass is 304 g/mol. The van der Waals surface area contributed by atoms with Crippen LogP contribution >= 0.6 is 34.8 Å². The number of nitrogens with zero attached hydrogens (tertiary/aromatic N) is 2. The fraction of sp³-hybridized carbons (Fsp3) is 0.273. The quantitative estimate of drug-likeness (QED) is 0.501. The zero-order valence-electron chi connectivity index (χ0n) is 9.38. The van der Waals surface area contributed by atoms with Crippen molar-refractivity contribution in [1.29, 1.82) is 0 Å². The number of benzene rings is 1. The average Bonchev–Trinajstić information content (AvgIpc) is 2.39. The lowest BCUT2D eigenvalue weighted by atomic mass is 10.2. The number of halogens is 3. The third kappa shape index (κ3) is 3.28. The summed E-state index contributed by atoms with van der Waals surface area (Å²) >= 11 is 18.0. The molecule has 18 heavy (non-hydrogen) atoms. The first-order valence-electron chi connectivity index (χ1n) is 5.39. The van der Waals surface area contributed by atoms with Crippen LogP contribution in [-0.4, -0.2) is 25.3 Å². The van der Waals surface area contributed by atoms with Gasteiger partial charge >= 0.3 is 0 Å². The molecule has 7 heteroatoms. The minimum absolute atomic E-state index is 0.383. The molecule has 0 saturated heterocycles. The van der Waals surface area contributed by atoms with E-state index < -0.39 is 0 Å². The predicted octanol–water partition coefficient (Wildman–Crippen LogP) is 2.92. The Labute approximate surface area is 120 Å². The minimum Gasteiger partial charge on any atom is -0.355 e. The summed E-state index contributed by atoms with van der Waals surface area (Å²) in [5, 5.41) is 8.43. The van der Waals surface area contributed by atoms with Crippen molar-refractivity contribution in [3.8, 4) is 0 Å². The van der Waals surface area contributed by atoms with E-state index in [0.29, 0.717) is 26.6 Å². The molecule has 0 aromatic heterocycles. The van der Waals surface area contributed by atoms with Gasteiger partial charge in [-0.2, -0.15) is 5.10 Å². The fourth-order valence-electron chi connectivity index (χ4n) is 1.43. The highest BCUT2D eigenvalue weighted by Gasteiger charge is 2.07. The van der Waals surface area contributed by atoms with Crippen LogP contribution in [0, 0.1) is 0 Å². The highest BCUT2D eigenvalue weighted by Crippen LogP contribution is 2.29. The van der Waals surface area contributed by atoms with E-state index >= 15 is 0 Å². The molecule has 1 aromatic carbocycles. The van der Waals surface area contributed by atoms with Gasteiger partial charge in [-0.05, 0) is 18.6 Å². The van der Waals surface area contributed by atoms with Gasteiger partial charge in [0.15, 0.2) is 0 Å². The van der Waals surface area contributed by atoms with Crippen LogP contribution in [0.25, 0.3) is 0 Å². The van der Waals surface area contributed by atoms with Crippen LogP contribution < -0.4 is 10.7 Å². The van der Waals surface area contributed by atoms with E-state index in [2.05, 4.69) is 20.8 Å². The zero-order chi connectivity index (χ0) is 13.0. The van der Waals surface area contributed by atoms with E-state index in [0.717, 1.165) is 19.5 Å². The molecule has 0 fully saturated rings. The van der Waals surface area contributed by atoms with Crippen molar-refractivity contribution in [3.05, 3.63) is 32.8 Å². The molecule has 2 N–H and O–H groups in total. The van der Waals surface area contributed by atoms with Crippen LogP contribution in [0.2, 0.25) is 15.1 Å². The van der Waals surface area contributed by atoms with Gasteiger partial charge in [0.2, 0.25) is 5.96 Å². The Morgan fingerprint density at radius 1 is 1.28 bits per heavy atom. The molecule has 96 valence electrons. The molecule has 0 saturated carbocycles. The topological polar surface area (TPSA) is 48.8 Å². The van der Waals surface area contributed by atoms with Crippen LogP contribution in [0.4, 0.5) is 0 Å². The van der Waals surface area contributed by atoms with E-state index in [1.165, 1.54) is 6.21 Å². The maximum Gasteiger partial charge on any atom is 0.212 e. The normalized spacial score (nSPS) is 15.4. The van der Waals surface area contributed by atoms with Gasteiger partial charge in [0.05, 0.1) is 21.3 Å². The highest BCUT2D eigenvalue weighted by atomic mass is 35.5. The second-order valence-corrected chi connectivity index (χ2v) is 4.83. The van der Waals surface area contributed by atoms with Gasteiger partial charge in [0, 0.05) is 18.7 Å². The molecule has 0 unspecified atom stereocenters. The van der Waals surface area contributed by atoms with Crippen LogP contribution in [0.5, 0.6) is 0 Å². The lowest BCUT2D eigenvalue weighted by molar-refractivity contribution is 0.712. The lowest BCUT2D eigenvalue weighted by Gasteiger charge is -2.12. The summed E-state index contributed by atoms with van der Waals surface area (Å²) in [5.41, 5.74) is 3.37. The highest BCUT2D eigenvalue weighted by molar-refractivity contribution is 6.45. The molecule has 1 aliphatic rings. The van der Waals surface area contributed by atoms with Crippen molar-refractivity contribution in [3.63, 3.8) is 0 Å². The number of hydrogen-bond donors (Lipinski definition) is 2. The largest absolute Gasteiger partial charge is 0.355 e. The van der Waals surface area contributed by atoms with Crippen molar-refractivity contribution >= 4 is 47.0 Å². The van der Waals surface area contributed by atoms with Crippen LogP contribution in [0.1, 0.15) is 12.0 Å². The maximum absolute atomic E-state index is 6.04. The lowest BCUT2D eigenvalue weighted by Crippen LogP contribution is -2.38. The number of rotatable bonds is 2. The summed E-state index contributed by atoms with van der Waals surface area (Å²) in [6, 6.07) is 3.32. The van der Waals surface area contributed by atoms with Crippen LogP contribution in [0.3, 0.4) is 0 Å². The first-order valence-corrected chi connectivity index (χ1v) is 6.53. The van der Waals surface area contributed by atoms with Gasteiger partial charge < -0.3 is 5.32 Å². The van der Waals surface area contributed by atoms with E-state index in [-0.39, 0.29) is 0 Å². The molecule has 0 radical (unpaired) electrons. The van der Waals surface area contributed by atoms with Gasteiger partial charge in [-0.25, -0.2) is 5.43 Å². The molecule has 0 spiro atoms. The first-order chi connectivity index (χ1) is 8.68. The van der Waals surface area contributed by atoms with Crippen molar-refractivity contribution < 1.29 is 0 Å². The number of hydrazone groups is 1. The molecular weight excluding hydrogens is 295 g/mol.